The fourth-order valence-electron chi connectivity index (χ4n) is 1.56. The zero-order chi connectivity index (χ0) is 13.7. The van der Waals surface area contributed by atoms with Crippen molar-refractivity contribution >= 4 is 28.9 Å². The maximum absolute atomic E-state index is 6.12. The van der Waals surface area contributed by atoms with Crippen LogP contribution in [0.3, 0.4) is 0 Å². The van der Waals surface area contributed by atoms with E-state index in [0.29, 0.717) is 16.7 Å². The number of nitrogens with one attached hydrogen (secondary N) is 2. The SMILES string of the molecule is CCNc1cncc(Nc2cc(OC)ccc2Cl)n1. The Hall–Kier alpha value is -2.01. The highest BCUT2D eigenvalue weighted by Gasteiger charge is 2.04. The molecule has 19 heavy (non-hydrogen) atoms. The minimum absolute atomic E-state index is 0.594. The number of anilines is 3. The lowest BCUT2D eigenvalue weighted by molar-refractivity contribution is 0.415. The molecule has 0 bridgehead atoms. The molecule has 100 valence electrons. The van der Waals surface area contributed by atoms with Crippen LogP contribution in [-0.4, -0.2) is 23.6 Å². The zero-order valence-corrected chi connectivity index (χ0v) is 11.5. The predicted octanol–water partition coefficient (Wildman–Crippen LogP) is 3.31. The van der Waals surface area contributed by atoms with Crippen molar-refractivity contribution < 1.29 is 4.74 Å². The summed E-state index contributed by atoms with van der Waals surface area (Å²) in [5.41, 5.74) is 0.726. The van der Waals surface area contributed by atoms with Crippen LogP contribution in [0.5, 0.6) is 5.75 Å². The van der Waals surface area contributed by atoms with E-state index in [0.717, 1.165) is 18.0 Å². The van der Waals surface area contributed by atoms with E-state index < -0.39 is 0 Å². The van der Waals surface area contributed by atoms with Gasteiger partial charge in [-0.2, -0.15) is 0 Å². The number of ether oxygens (including phenoxy) is 1. The topological polar surface area (TPSA) is 59.1 Å². The Morgan fingerprint density at radius 3 is 2.79 bits per heavy atom. The molecule has 0 aliphatic heterocycles. The van der Waals surface area contributed by atoms with Crippen molar-refractivity contribution in [2.45, 2.75) is 6.92 Å². The van der Waals surface area contributed by atoms with Gasteiger partial charge in [0, 0.05) is 12.6 Å². The highest BCUT2D eigenvalue weighted by atomic mass is 35.5. The number of rotatable bonds is 5. The maximum Gasteiger partial charge on any atom is 0.151 e. The average Bonchev–Trinajstić information content (AvgIpc) is 2.42. The molecule has 5 nitrogen and oxygen atoms in total. The molecule has 0 amide bonds. The van der Waals surface area contributed by atoms with Gasteiger partial charge in [-0.1, -0.05) is 11.6 Å². The molecule has 1 heterocycles. The molecule has 0 atom stereocenters. The van der Waals surface area contributed by atoms with Gasteiger partial charge in [0.25, 0.3) is 0 Å². The van der Waals surface area contributed by atoms with Crippen LogP contribution >= 0.6 is 11.6 Å². The van der Waals surface area contributed by atoms with Gasteiger partial charge in [-0.05, 0) is 19.1 Å². The van der Waals surface area contributed by atoms with E-state index >= 15 is 0 Å². The van der Waals surface area contributed by atoms with Crippen molar-refractivity contribution in [3.05, 3.63) is 35.6 Å². The quantitative estimate of drug-likeness (QED) is 0.879. The van der Waals surface area contributed by atoms with Gasteiger partial charge in [0.2, 0.25) is 0 Å². The highest BCUT2D eigenvalue weighted by Crippen LogP contribution is 2.28. The van der Waals surface area contributed by atoms with Crippen LogP contribution in [0.1, 0.15) is 6.92 Å². The normalized spacial score (nSPS) is 10.1. The van der Waals surface area contributed by atoms with E-state index in [9.17, 15) is 0 Å². The molecule has 0 fully saturated rings. The minimum Gasteiger partial charge on any atom is -0.497 e. The molecule has 6 heteroatoms. The predicted molar refractivity (Wildman–Crippen MR) is 77.5 cm³/mol. The van der Waals surface area contributed by atoms with Gasteiger partial charge < -0.3 is 15.4 Å². The lowest BCUT2D eigenvalue weighted by Crippen LogP contribution is -2.02. The molecular weight excluding hydrogens is 264 g/mol. The first-order chi connectivity index (χ1) is 9.22. The van der Waals surface area contributed by atoms with Gasteiger partial charge in [-0.25, -0.2) is 4.98 Å². The summed E-state index contributed by atoms with van der Waals surface area (Å²) in [7, 11) is 1.61. The van der Waals surface area contributed by atoms with Gasteiger partial charge in [0.05, 0.1) is 30.2 Å². The summed E-state index contributed by atoms with van der Waals surface area (Å²) >= 11 is 6.12. The Bertz CT molecular complexity index is 562. The lowest BCUT2D eigenvalue weighted by atomic mass is 10.3. The maximum atomic E-state index is 6.12. The second-order valence-corrected chi connectivity index (χ2v) is 4.20. The molecule has 0 aliphatic carbocycles. The summed E-state index contributed by atoms with van der Waals surface area (Å²) in [4.78, 5) is 8.48. The van der Waals surface area contributed by atoms with Gasteiger partial charge in [0.15, 0.2) is 5.82 Å². The van der Waals surface area contributed by atoms with Crippen molar-refractivity contribution in [3.63, 3.8) is 0 Å². The number of benzene rings is 1. The van der Waals surface area contributed by atoms with Gasteiger partial charge in [0.1, 0.15) is 11.6 Å². The van der Waals surface area contributed by atoms with Crippen LogP contribution in [0, 0.1) is 0 Å². The molecule has 1 aromatic heterocycles. The third kappa shape index (κ3) is 3.48. The molecule has 0 saturated carbocycles. The van der Waals surface area contributed by atoms with E-state index in [-0.39, 0.29) is 0 Å². The number of hydrogen-bond acceptors (Lipinski definition) is 5. The van der Waals surface area contributed by atoms with Crippen molar-refractivity contribution in [2.75, 3.05) is 24.3 Å². The second kappa shape index (κ2) is 6.24. The zero-order valence-electron chi connectivity index (χ0n) is 10.8. The molecule has 0 spiro atoms. The molecule has 0 saturated heterocycles. The molecule has 0 radical (unpaired) electrons. The largest absolute Gasteiger partial charge is 0.497 e. The van der Waals surface area contributed by atoms with E-state index in [2.05, 4.69) is 20.6 Å². The van der Waals surface area contributed by atoms with E-state index in [1.165, 1.54) is 0 Å². The average molecular weight is 279 g/mol. The summed E-state index contributed by atoms with van der Waals surface area (Å²) in [6.45, 7) is 2.79. The van der Waals surface area contributed by atoms with Crippen LogP contribution < -0.4 is 15.4 Å². The molecule has 2 aromatic rings. The van der Waals surface area contributed by atoms with Crippen LogP contribution in [0.15, 0.2) is 30.6 Å². The number of hydrogen-bond donors (Lipinski definition) is 2. The third-order valence-corrected chi connectivity index (χ3v) is 2.76. The summed E-state index contributed by atoms with van der Waals surface area (Å²) in [6.07, 6.45) is 3.30. The van der Waals surface area contributed by atoms with Crippen LogP contribution in [0.25, 0.3) is 0 Å². The van der Waals surface area contributed by atoms with E-state index in [1.807, 2.05) is 13.0 Å². The number of methoxy groups -OCH3 is 1. The summed E-state index contributed by atoms with van der Waals surface area (Å²) in [5.74, 6) is 2.06. The molecule has 1 aromatic carbocycles. The second-order valence-electron chi connectivity index (χ2n) is 3.79. The fourth-order valence-corrected chi connectivity index (χ4v) is 1.72. The van der Waals surface area contributed by atoms with Crippen molar-refractivity contribution in [1.82, 2.24) is 9.97 Å². The first kappa shape index (κ1) is 13.4. The van der Waals surface area contributed by atoms with Gasteiger partial charge >= 0.3 is 0 Å². The van der Waals surface area contributed by atoms with Crippen LogP contribution in [0.4, 0.5) is 17.3 Å². The molecule has 2 N–H and O–H groups in total. The first-order valence-corrected chi connectivity index (χ1v) is 6.27. The van der Waals surface area contributed by atoms with Crippen molar-refractivity contribution in [1.29, 1.82) is 0 Å². The number of aromatic nitrogens is 2. The van der Waals surface area contributed by atoms with Gasteiger partial charge in [-0.15, -0.1) is 0 Å². The highest BCUT2D eigenvalue weighted by molar-refractivity contribution is 6.33. The van der Waals surface area contributed by atoms with Crippen LogP contribution in [0.2, 0.25) is 5.02 Å². The smallest absolute Gasteiger partial charge is 0.151 e. The minimum atomic E-state index is 0.594. The third-order valence-electron chi connectivity index (χ3n) is 2.43. The Balaban J connectivity index is 2.22. The fraction of sp³-hybridized carbons (Fsp3) is 0.231. The van der Waals surface area contributed by atoms with Crippen LogP contribution in [-0.2, 0) is 0 Å². The van der Waals surface area contributed by atoms with E-state index in [1.54, 1.807) is 31.6 Å². The Kier molecular flexibility index (Phi) is 4.41. The van der Waals surface area contributed by atoms with Gasteiger partial charge in [-0.3, -0.25) is 4.98 Å². The molecule has 0 aliphatic rings. The molecular formula is C13H15ClN4O. The molecule has 2 rings (SSSR count). The Labute approximate surface area is 117 Å². The number of nitrogens with zero attached hydrogens (tertiary/aromatic N) is 2. The van der Waals surface area contributed by atoms with Crippen molar-refractivity contribution in [2.24, 2.45) is 0 Å². The molecule has 0 unspecified atom stereocenters. The summed E-state index contributed by atoms with van der Waals surface area (Å²) in [6, 6.07) is 5.38. The van der Waals surface area contributed by atoms with Crippen molar-refractivity contribution in [3.8, 4) is 5.75 Å². The summed E-state index contributed by atoms with van der Waals surface area (Å²) in [5, 5.41) is 6.81. The Morgan fingerprint density at radius 1 is 1.26 bits per heavy atom. The Morgan fingerprint density at radius 2 is 2.05 bits per heavy atom. The standard InChI is InChI=1S/C13H15ClN4O/c1-3-16-12-7-15-8-13(18-12)17-11-6-9(19-2)4-5-10(11)14/h4-8H,3H2,1-2H3,(H2,16,17,18). The monoisotopic (exact) mass is 278 g/mol. The summed E-state index contributed by atoms with van der Waals surface area (Å²) < 4.78 is 5.16. The first-order valence-electron chi connectivity index (χ1n) is 5.89. The number of halogens is 1. The lowest BCUT2D eigenvalue weighted by Gasteiger charge is -2.10. The van der Waals surface area contributed by atoms with E-state index in [4.69, 9.17) is 16.3 Å².